The van der Waals surface area contributed by atoms with E-state index in [4.69, 9.17) is 11.6 Å². The maximum absolute atomic E-state index is 12.3. The Hall–Kier alpha value is -2.17. The molecule has 5 heteroatoms. The van der Waals surface area contributed by atoms with Gasteiger partial charge in [-0.05, 0) is 57.2 Å². The van der Waals surface area contributed by atoms with E-state index in [9.17, 15) is 9.59 Å². The smallest absolute Gasteiger partial charge is 0.282 e. The lowest BCUT2D eigenvalue weighted by atomic mass is 10.1. The summed E-state index contributed by atoms with van der Waals surface area (Å²) < 4.78 is 0. The van der Waals surface area contributed by atoms with E-state index in [0.29, 0.717) is 16.3 Å². The van der Waals surface area contributed by atoms with Crippen molar-refractivity contribution < 1.29 is 14.9 Å². The lowest BCUT2D eigenvalue weighted by molar-refractivity contribution is -0.709. The summed E-state index contributed by atoms with van der Waals surface area (Å²) in [5, 5.41) is 5.57. The number of ketones is 1. The minimum absolute atomic E-state index is 0.00590. The molecule has 126 valence electrons. The second-order valence-corrected chi connectivity index (χ2v) is 6.38. The molecule has 0 saturated heterocycles. The molecule has 0 fully saturated rings. The van der Waals surface area contributed by atoms with Gasteiger partial charge >= 0.3 is 0 Å². The van der Waals surface area contributed by atoms with Gasteiger partial charge in [0.2, 0.25) is 0 Å². The van der Waals surface area contributed by atoms with E-state index in [1.54, 1.807) is 24.3 Å². The van der Waals surface area contributed by atoms with Crippen molar-refractivity contribution in [1.82, 2.24) is 0 Å². The van der Waals surface area contributed by atoms with E-state index < -0.39 is 0 Å². The number of anilines is 1. The molecule has 2 rings (SSSR count). The standard InChI is InChI=1S/C19H21ClN2O2/c1-12(15-4-8-17(20)9-5-15)21-13(2)19(24)22-18-10-6-16(7-11-18)14(3)23/h4-13,21H,1-3H3,(H,22,24)/p+1/t12-,13-/m1/s1. The van der Waals surface area contributed by atoms with Gasteiger partial charge in [-0.1, -0.05) is 23.7 Å². The molecule has 0 radical (unpaired) electrons. The first-order valence-electron chi connectivity index (χ1n) is 7.89. The number of hydrogen-bond donors (Lipinski definition) is 2. The lowest BCUT2D eigenvalue weighted by Crippen LogP contribution is -2.91. The molecule has 0 heterocycles. The molecule has 1 amide bonds. The monoisotopic (exact) mass is 345 g/mol. The van der Waals surface area contributed by atoms with Gasteiger partial charge in [0, 0.05) is 21.8 Å². The number of carbonyl (C=O) groups excluding carboxylic acids is 2. The van der Waals surface area contributed by atoms with Crippen LogP contribution in [-0.2, 0) is 4.79 Å². The number of nitrogens with one attached hydrogen (secondary N) is 1. The third-order valence-corrected chi connectivity index (χ3v) is 4.20. The Balaban J connectivity index is 1.93. The maximum atomic E-state index is 12.3. The minimum Gasteiger partial charge on any atom is -0.330 e. The van der Waals surface area contributed by atoms with Crippen LogP contribution < -0.4 is 10.6 Å². The van der Waals surface area contributed by atoms with Crippen molar-refractivity contribution in [2.75, 3.05) is 5.32 Å². The molecule has 0 aliphatic heterocycles. The number of amides is 1. The molecular weight excluding hydrogens is 324 g/mol. The van der Waals surface area contributed by atoms with Crippen LogP contribution in [0.1, 0.15) is 42.7 Å². The zero-order chi connectivity index (χ0) is 17.7. The Kier molecular flexibility index (Phi) is 6.12. The largest absolute Gasteiger partial charge is 0.330 e. The summed E-state index contributed by atoms with van der Waals surface area (Å²) in [6.07, 6.45) is 0. The Morgan fingerprint density at radius 2 is 1.58 bits per heavy atom. The number of nitrogens with two attached hydrogens (primary N) is 1. The van der Waals surface area contributed by atoms with E-state index >= 15 is 0 Å². The van der Waals surface area contributed by atoms with Crippen LogP contribution in [0, 0.1) is 0 Å². The number of carbonyl (C=O) groups is 2. The van der Waals surface area contributed by atoms with E-state index in [0.717, 1.165) is 5.56 Å². The van der Waals surface area contributed by atoms with Crippen molar-refractivity contribution in [2.45, 2.75) is 32.9 Å². The molecule has 0 saturated carbocycles. The number of benzene rings is 2. The summed E-state index contributed by atoms with van der Waals surface area (Å²) >= 11 is 5.90. The molecule has 0 aliphatic carbocycles. The Labute approximate surface area is 147 Å². The van der Waals surface area contributed by atoms with Gasteiger partial charge in [0.05, 0.1) is 0 Å². The fourth-order valence-electron chi connectivity index (χ4n) is 2.44. The quantitative estimate of drug-likeness (QED) is 0.790. The normalized spacial score (nSPS) is 13.2. The predicted octanol–water partition coefficient (Wildman–Crippen LogP) is 3.19. The average molecular weight is 346 g/mol. The van der Waals surface area contributed by atoms with Crippen LogP contribution in [0.3, 0.4) is 0 Å². The summed E-state index contributed by atoms with van der Waals surface area (Å²) in [7, 11) is 0. The van der Waals surface area contributed by atoms with Gasteiger partial charge in [-0.2, -0.15) is 0 Å². The third kappa shape index (κ3) is 4.91. The summed E-state index contributed by atoms with van der Waals surface area (Å²) in [5.74, 6) is -0.0715. The van der Waals surface area contributed by atoms with Gasteiger partial charge in [0.15, 0.2) is 11.8 Å². The number of Topliss-reactive ketones (excluding diaryl/α,β-unsaturated/α-hetero) is 1. The van der Waals surface area contributed by atoms with Crippen molar-refractivity contribution in [1.29, 1.82) is 0 Å². The van der Waals surface area contributed by atoms with Gasteiger partial charge in [-0.25, -0.2) is 0 Å². The minimum atomic E-state index is -0.247. The number of hydrogen-bond acceptors (Lipinski definition) is 2. The highest BCUT2D eigenvalue weighted by atomic mass is 35.5. The van der Waals surface area contributed by atoms with Crippen molar-refractivity contribution in [3.05, 3.63) is 64.7 Å². The van der Waals surface area contributed by atoms with E-state index in [1.165, 1.54) is 6.92 Å². The highest BCUT2D eigenvalue weighted by molar-refractivity contribution is 6.30. The highest BCUT2D eigenvalue weighted by Crippen LogP contribution is 2.14. The Bertz CT molecular complexity index is 711. The molecule has 24 heavy (non-hydrogen) atoms. The van der Waals surface area contributed by atoms with Crippen LogP contribution in [0.25, 0.3) is 0 Å². The fourth-order valence-corrected chi connectivity index (χ4v) is 2.57. The second-order valence-electron chi connectivity index (χ2n) is 5.94. The van der Waals surface area contributed by atoms with Crippen molar-refractivity contribution >= 4 is 29.0 Å². The van der Waals surface area contributed by atoms with Gasteiger partial charge in [-0.3, -0.25) is 9.59 Å². The van der Waals surface area contributed by atoms with Crippen LogP contribution >= 0.6 is 11.6 Å². The highest BCUT2D eigenvalue weighted by Gasteiger charge is 2.20. The zero-order valence-corrected chi connectivity index (χ0v) is 14.8. The SMILES string of the molecule is CC(=O)c1ccc(NC(=O)[C@@H](C)[NH2+][C@H](C)c2ccc(Cl)cc2)cc1. The molecule has 0 spiro atoms. The van der Waals surface area contributed by atoms with Gasteiger partial charge in [-0.15, -0.1) is 0 Å². The van der Waals surface area contributed by atoms with Crippen LogP contribution in [0.15, 0.2) is 48.5 Å². The predicted molar refractivity (Wildman–Crippen MR) is 96.3 cm³/mol. The van der Waals surface area contributed by atoms with Crippen LogP contribution in [-0.4, -0.2) is 17.7 Å². The van der Waals surface area contributed by atoms with Crippen LogP contribution in [0.5, 0.6) is 0 Å². The van der Waals surface area contributed by atoms with Gasteiger partial charge in [0.25, 0.3) is 5.91 Å². The molecule has 2 atom stereocenters. The molecule has 0 aliphatic rings. The molecule has 0 unspecified atom stereocenters. The first-order chi connectivity index (χ1) is 11.4. The number of quaternary nitrogens is 1. The van der Waals surface area contributed by atoms with Gasteiger partial charge in [0.1, 0.15) is 6.04 Å². The molecular formula is C19H22ClN2O2+. The summed E-state index contributed by atoms with van der Waals surface area (Å²) in [4.78, 5) is 23.6. The first kappa shape index (κ1) is 18.2. The maximum Gasteiger partial charge on any atom is 0.282 e. The summed E-state index contributed by atoms with van der Waals surface area (Å²) in [6, 6.07) is 14.4. The molecule has 2 aromatic rings. The first-order valence-corrected chi connectivity index (χ1v) is 8.27. The number of halogens is 1. The Morgan fingerprint density at radius 1 is 1.00 bits per heavy atom. The molecule has 3 N–H and O–H groups in total. The van der Waals surface area contributed by atoms with Crippen molar-refractivity contribution in [3.8, 4) is 0 Å². The molecule has 4 nitrogen and oxygen atoms in total. The third-order valence-electron chi connectivity index (χ3n) is 3.95. The molecule has 0 aromatic heterocycles. The van der Waals surface area contributed by atoms with E-state index in [1.807, 2.05) is 36.5 Å². The average Bonchev–Trinajstić information content (AvgIpc) is 2.55. The van der Waals surface area contributed by atoms with Crippen LogP contribution in [0.4, 0.5) is 5.69 Å². The van der Waals surface area contributed by atoms with Crippen molar-refractivity contribution in [2.24, 2.45) is 0 Å². The fraction of sp³-hybridized carbons (Fsp3) is 0.263. The molecule has 0 bridgehead atoms. The topological polar surface area (TPSA) is 62.8 Å². The van der Waals surface area contributed by atoms with Gasteiger partial charge < -0.3 is 10.6 Å². The molecule has 2 aromatic carbocycles. The van der Waals surface area contributed by atoms with E-state index in [2.05, 4.69) is 12.2 Å². The lowest BCUT2D eigenvalue weighted by Gasteiger charge is -2.17. The summed E-state index contributed by atoms with van der Waals surface area (Å²) in [6.45, 7) is 5.43. The summed E-state index contributed by atoms with van der Waals surface area (Å²) in [5.41, 5.74) is 2.43. The Morgan fingerprint density at radius 3 is 2.12 bits per heavy atom. The second kappa shape index (κ2) is 8.08. The van der Waals surface area contributed by atoms with Crippen molar-refractivity contribution in [3.63, 3.8) is 0 Å². The van der Waals surface area contributed by atoms with E-state index in [-0.39, 0.29) is 23.8 Å². The number of rotatable bonds is 6. The van der Waals surface area contributed by atoms with Crippen LogP contribution in [0.2, 0.25) is 5.02 Å². The zero-order valence-electron chi connectivity index (χ0n) is 14.0.